The molecule has 0 aliphatic heterocycles. The summed E-state index contributed by atoms with van der Waals surface area (Å²) in [5.41, 5.74) is 0.963. The van der Waals surface area contributed by atoms with Crippen molar-refractivity contribution in [3.05, 3.63) is 60.8 Å². The van der Waals surface area contributed by atoms with Crippen molar-refractivity contribution in [3.8, 4) is 11.9 Å². The van der Waals surface area contributed by atoms with Gasteiger partial charge < -0.3 is 0 Å². The average molecular weight is 340 g/mol. The summed E-state index contributed by atoms with van der Waals surface area (Å²) in [4.78, 5) is 8.05. The molecule has 8 nitrogen and oxygen atoms in total. The van der Waals surface area contributed by atoms with Crippen LogP contribution >= 0.6 is 0 Å². The molecule has 1 aromatic carbocycles. The third kappa shape index (κ3) is 3.39. The summed E-state index contributed by atoms with van der Waals surface area (Å²) in [6.07, 6.45) is 4.42. The van der Waals surface area contributed by atoms with Crippen molar-refractivity contribution in [1.29, 1.82) is 5.26 Å². The maximum Gasteiger partial charge on any atom is 0.261 e. The van der Waals surface area contributed by atoms with Crippen LogP contribution in [0, 0.1) is 11.3 Å². The van der Waals surface area contributed by atoms with E-state index in [1.54, 1.807) is 24.3 Å². The van der Waals surface area contributed by atoms with Gasteiger partial charge in [-0.05, 0) is 29.8 Å². The van der Waals surface area contributed by atoms with Gasteiger partial charge in [-0.15, -0.1) is 0 Å². The van der Waals surface area contributed by atoms with Crippen molar-refractivity contribution in [3.63, 3.8) is 0 Å². The predicted octanol–water partition coefficient (Wildman–Crippen LogP) is 1.53. The molecule has 0 spiro atoms. The van der Waals surface area contributed by atoms with E-state index in [0.29, 0.717) is 17.1 Å². The van der Waals surface area contributed by atoms with Crippen LogP contribution in [0.3, 0.4) is 0 Å². The van der Waals surface area contributed by atoms with E-state index in [9.17, 15) is 8.42 Å². The second-order valence-electron chi connectivity index (χ2n) is 4.83. The maximum absolute atomic E-state index is 12.4. The molecule has 0 radical (unpaired) electrons. The minimum Gasteiger partial charge on any atom is -0.278 e. The summed E-state index contributed by atoms with van der Waals surface area (Å²) in [5, 5.41) is 12.7. The van der Waals surface area contributed by atoms with Gasteiger partial charge in [-0.2, -0.15) is 10.4 Å². The summed E-state index contributed by atoms with van der Waals surface area (Å²) in [7, 11) is -3.75. The minimum absolute atomic E-state index is 0.0932. The van der Waals surface area contributed by atoms with E-state index >= 15 is 0 Å². The van der Waals surface area contributed by atoms with E-state index in [1.165, 1.54) is 35.7 Å². The molecule has 24 heavy (non-hydrogen) atoms. The van der Waals surface area contributed by atoms with Crippen LogP contribution in [-0.4, -0.2) is 28.2 Å². The van der Waals surface area contributed by atoms with Gasteiger partial charge >= 0.3 is 0 Å². The van der Waals surface area contributed by atoms with Crippen molar-refractivity contribution in [2.75, 3.05) is 4.72 Å². The fourth-order valence-corrected chi connectivity index (χ4v) is 3.15. The number of aromatic nitrogens is 4. The zero-order valence-electron chi connectivity index (χ0n) is 12.4. The largest absolute Gasteiger partial charge is 0.278 e. The zero-order chi connectivity index (χ0) is 17.0. The van der Waals surface area contributed by atoms with Crippen LogP contribution < -0.4 is 4.72 Å². The molecule has 3 rings (SSSR count). The van der Waals surface area contributed by atoms with Crippen LogP contribution in [0.25, 0.3) is 5.82 Å². The maximum atomic E-state index is 12.4. The number of nitrogens with zero attached hydrogens (tertiary/aromatic N) is 5. The number of nitrogens with one attached hydrogen (secondary N) is 1. The number of hydrogen-bond acceptors (Lipinski definition) is 6. The van der Waals surface area contributed by atoms with Gasteiger partial charge in [-0.25, -0.2) is 23.1 Å². The van der Waals surface area contributed by atoms with Crippen LogP contribution in [0.15, 0.2) is 60.1 Å². The number of nitriles is 1. The van der Waals surface area contributed by atoms with Gasteiger partial charge in [0.15, 0.2) is 5.82 Å². The Morgan fingerprint density at radius 2 is 2.12 bits per heavy atom. The monoisotopic (exact) mass is 340 g/mol. The van der Waals surface area contributed by atoms with Crippen LogP contribution in [-0.2, 0) is 16.4 Å². The predicted molar refractivity (Wildman–Crippen MR) is 85.7 cm³/mol. The quantitative estimate of drug-likeness (QED) is 0.753. The highest BCUT2D eigenvalue weighted by molar-refractivity contribution is 7.92. The first-order chi connectivity index (χ1) is 11.6. The number of anilines is 1. The fraction of sp³-hybridized carbons (Fsp3) is 0.0667. The van der Waals surface area contributed by atoms with E-state index in [2.05, 4.69) is 19.8 Å². The molecule has 0 aliphatic rings. The molecule has 0 aliphatic carbocycles. The lowest BCUT2D eigenvalue weighted by Crippen LogP contribution is -2.13. The SMILES string of the molecule is N#CCc1cccc(S(=O)(=O)Nc2ccc(-n3cncn3)nc2)c1. The van der Waals surface area contributed by atoms with Gasteiger partial charge in [0.25, 0.3) is 10.0 Å². The number of benzene rings is 1. The lowest BCUT2D eigenvalue weighted by atomic mass is 10.2. The van der Waals surface area contributed by atoms with Crippen molar-refractivity contribution < 1.29 is 8.42 Å². The topological polar surface area (TPSA) is 114 Å². The molecule has 0 bridgehead atoms. The Labute approximate surface area is 138 Å². The molecule has 0 saturated carbocycles. The normalized spacial score (nSPS) is 11.0. The highest BCUT2D eigenvalue weighted by Crippen LogP contribution is 2.17. The lowest BCUT2D eigenvalue weighted by Gasteiger charge is -2.09. The second kappa shape index (κ2) is 6.47. The number of rotatable bonds is 5. The van der Waals surface area contributed by atoms with Crippen LogP contribution in [0.5, 0.6) is 0 Å². The van der Waals surface area contributed by atoms with Crippen molar-refractivity contribution in [2.24, 2.45) is 0 Å². The summed E-state index contributed by atoms with van der Waals surface area (Å²) in [6.45, 7) is 0. The first-order valence-corrected chi connectivity index (χ1v) is 8.36. The highest BCUT2D eigenvalue weighted by atomic mass is 32.2. The summed E-state index contributed by atoms with van der Waals surface area (Å²) in [6, 6.07) is 11.5. The first-order valence-electron chi connectivity index (χ1n) is 6.88. The van der Waals surface area contributed by atoms with Gasteiger partial charge in [0.05, 0.1) is 29.3 Å². The number of pyridine rings is 1. The van der Waals surface area contributed by atoms with Gasteiger partial charge in [-0.3, -0.25) is 4.72 Å². The van der Waals surface area contributed by atoms with Crippen molar-refractivity contribution >= 4 is 15.7 Å². The molecule has 120 valence electrons. The Balaban J connectivity index is 1.82. The van der Waals surface area contributed by atoms with Gasteiger partial charge in [0.2, 0.25) is 0 Å². The molecule has 3 aromatic rings. The van der Waals surface area contributed by atoms with E-state index in [1.807, 2.05) is 6.07 Å². The Hall–Kier alpha value is -3.25. The Morgan fingerprint density at radius 3 is 2.79 bits per heavy atom. The van der Waals surface area contributed by atoms with Gasteiger partial charge in [0, 0.05) is 0 Å². The van der Waals surface area contributed by atoms with Gasteiger partial charge in [-0.1, -0.05) is 12.1 Å². The molecule has 2 heterocycles. The third-order valence-electron chi connectivity index (χ3n) is 3.15. The fourth-order valence-electron chi connectivity index (χ4n) is 2.04. The van der Waals surface area contributed by atoms with E-state index in [-0.39, 0.29) is 11.3 Å². The smallest absolute Gasteiger partial charge is 0.261 e. The molecule has 0 amide bonds. The second-order valence-corrected chi connectivity index (χ2v) is 6.52. The van der Waals surface area contributed by atoms with Crippen LogP contribution in [0.4, 0.5) is 5.69 Å². The molecule has 0 saturated heterocycles. The molecular weight excluding hydrogens is 328 g/mol. The summed E-state index contributed by atoms with van der Waals surface area (Å²) >= 11 is 0. The van der Waals surface area contributed by atoms with Gasteiger partial charge in [0.1, 0.15) is 12.7 Å². The van der Waals surface area contributed by atoms with Crippen molar-refractivity contribution in [2.45, 2.75) is 11.3 Å². The molecule has 0 unspecified atom stereocenters. The molecular formula is C15H12N6O2S. The Kier molecular flexibility index (Phi) is 4.22. The minimum atomic E-state index is -3.75. The first kappa shape index (κ1) is 15.6. The Morgan fingerprint density at radius 1 is 1.25 bits per heavy atom. The molecule has 0 atom stereocenters. The number of hydrogen-bond donors (Lipinski definition) is 1. The standard InChI is InChI=1S/C15H12N6O2S/c16-7-6-12-2-1-3-14(8-12)24(22,23)20-13-4-5-15(18-9-13)21-11-17-10-19-21/h1-5,8-11,20H,6H2. The molecule has 0 fully saturated rings. The lowest BCUT2D eigenvalue weighted by molar-refractivity contribution is 0.601. The molecule has 9 heteroatoms. The van der Waals surface area contributed by atoms with Crippen molar-refractivity contribution in [1.82, 2.24) is 19.7 Å². The molecule has 1 N–H and O–H groups in total. The van der Waals surface area contributed by atoms with E-state index in [4.69, 9.17) is 5.26 Å². The van der Waals surface area contributed by atoms with Crippen LogP contribution in [0.2, 0.25) is 0 Å². The number of sulfonamides is 1. The third-order valence-corrected chi connectivity index (χ3v) is 4.52. The Bertz CT molecular complexity index is 976. The summed E-state index contributed by atoms with van der Waals surface area (Å²) in [5.74, 6) is 0.520. The molecule has 2 aromatic heterocycles. The highest BCUT2D eigenvalue weighted by Gasteiger charge is 2.15. The van der Waals surface area contributed by atoms with E-state index in [0.717, 1.165) is 0 Å². The summed E-state index contributed by atoms with van der Waals surface area (Å²) < 4.78 is 28.8. The van der Waals surface area contributed by atoms with Crippen LogP contribution in [0.1, 0.15) is 5.56 Å². The van der Waals surface area contributed by atoms with E-state index < -0.39 is 10.0 Å². The average Bonchev–Trinajstić information content (AvgIpc) is 3.10. The zero-order valence-corrected chi connectivity index (χ0v) is 13.2.